The molecule has 1 amide bonds. The van der Waals surface area contributed by atoms with Gasteiger partial charge in [0.1, 0.15) is 0 Å². The van der Waals surface area contributed by atoms with Crippen LogP contribution in [0.2, 0.25) is 5.02 Å². The summed E-state index contributed by atoms with van der Waals surface area (Å²) in [6, 6.07) is 17.1. The Labute approximate surface area is 204 Å². The predicted octanol–water partition coefficient (Wildman–Crippen LogP) is 3.30. The molecule has 0 fully saturated rings. The lowest BCUT2D eigenvalue weighted by atomic mass is 10.1. The van der Waals surface area contributed by atoms with Crippen LogP contribution < -0.4 is 16.0 Å². The number of carbonyl (C=O) groups is 1. The number of guanidine groups is 1. The number of amides is 1. The van der Waals surface area contributed by atoms with Crippen LogP contribution in [0.3, 0.4) is 0 Å². The van der Waals surface area contributed by atoms with Crippen LogP contribution >= 0.6 is 35.6 Å². The first-order chi connectivity index (χ1) is 14.7. The SMILES string of the molecule is CN=C(NCCNC(=O)c1ccccc1Cl)NCc1ccccc1Cn1cccn1.I. The summed E-state index contributed by atoms with van der Waals surface area (Å²) in [5.74, 6) is 0.466. The first-order valence-corrected chi connectivity index (χ1v) is 10.1. The molecule has 1 aromatic heterocycles. The maximum atomic E-state index is 12.2. The summed E-state index contributed by atoms with van der Waals surface area (Å²) in [5.41, 5.74) is 2.83. The van der Waals surface area contributed by atoms with Crippen molar-refractivity contribution in [3.8, 4) is 0 Å². The third-order valence-corrected chi connectivity index (χ3v) is 4.83. The highest BCUT2D eigenvalue weighted by Crippen LogP contribution is 2.14. The fraction of sp³-hybridized carbons (Fsp3) is 0.227. The van der Waals surface area contributed by atoms with E-state index < -0.39 is 0 Å². The molecule has 0 aliphatic carbocycles. The van der Waals surface area contributed by atoms with Crippen molar-refractivity contribution in [2.75, 3.05) is 20.1 Å². The summed E-state index contributed by atoms with van der Waals surface area (Å²) < 4.78 is 1.90. The minimum absolute atomic E-state index is 0. The molecule has 0 saturated heterocycles. The quantitative estimate of drug-likeness (QED) is 0.173. The topological polar surface area (TPSA) is 83.3 Å². The molecule has 3 rings (SSSR count). The normalized spacial score (nSPS) is 10.8. The lowest BCUT2D eigenvalue weighted by Crippen LogP contribution is -2.41. The van der Waals surface area contributed by atoms with Gasteiger partial charge in [-0.05, 0) is 29.3 Å². The van der Waals surface area contributed by atoms with Crippen LogP contribution in [0.1, 0.15) is 21.5 Å². The van der Waals surface area contributed by atoms with Gasteiger partial charge in [-0.1, -0.05) is 48.0 Å². The van der Waals surface area contributed by atoms with E-state index in [1.807, 2.05) is 29.1 Å². The molecule has 0 atom stereocenters. The molecule has 31 heavy (non-hydrogen) atoms. The molecule has 0 bridgehead atoms. The van der Waals surface area contributed by atoms with E-state index in [4.69, 9.17) is 11.6 Å². The van der Waals surface area contributed by atoms with Gasteiger partial charge in [-0.3, -0.25) is 14.5 Å². The second kappa shape index (κ2) is 13.0. The standard InChI is InChI=1S/C22H25ClN6O.HI/c1-24-22(26-13-12-25-21(30)19-9-4-5-10-20(19)23)27-15-17-7-2-3-8-18(17)16-29-14-6-11-28-29;/h2-11,14H,12-13,15-16H2,1H3,(H,25,30)(H2,24,26,27);1H. The second-order valence-electron chi connectivity index (χ2n) is 6.56. The van der Waals surface area contributed by atoms with Crippen molar-refractivity contribution in [1.29, 1.82) is 0 Å². The van der Waals surface area contributed by atoms with Crippen molar-refractivity contribution in [1.82, 2.24) is 25.7 Å². The summed E-state index contributed by atoms with van der Waals surface area (Å²) in [5, 5.41) is 14.1. The average Bonchev–Trinajstić information content (AvgIpc) is 3.27. The van der Waals surface area contributed by atoms with Gasteiger partial charge in [-0.15, -0.1) is 24.0 Å². The van der Waals surface area contributed by atoms with Gasteiger partial charge in [-0.2, -0.15) is 5.10 Å². The average molecular weight is 553 g/mol. The second-order valence-corrected chi connectivity index (χ2v) is 6.97. The van der Waals surface area contributed by atoms with Gasteiger partial charge >= 0.3 is 0 Å². The van der Waals surface area contributed by atoms with Crippen molar-refractivity contribution in [2.24, 2.45) is 4.99 Å². The number of aromatic nitrogens is 2. The molecule has 3 N–H and O–H groups in total. The molecule has 164 valence electrons. The van der Waals surface area contributed by atoms with E-state index >= 15 is 0 Å². The monoisotopic (exact) mass is 552 g/mol. The molecule has 7 nitrogen and oxygen atoms in total. The van der Waals surface area contributed by atoms with Crippen LogP contribution in [-0.4, -0.2) is 41.8 Å². The number of hydrogen-bond donors (Lipinski definition) is 3. The highest BCUT2D eigenvalue weighted by atomic mass is 127. The van der Waals surface area contributed by atoms with Crippen LogP contribution in [-0.2, 0) is 13.1 Å². The minimum atomic E-state index is -0.196. The van der Waals surface area contributed by atoms with Crippen LogP contribution in [0.25, 0.3) is 0 Å². The zero-order valence-corrected chi connectivity index (χ0v) is 20.3. The maximum absolute atomic E-state index is 12.2. The Kier molecular flexibility index (Phi) is 10.3. The van der Waals surface area contributed by atoms with Crippen LogP contribution in [0.15, 0.2) is 72.0 Å². The number of halogens is 2. The Bertz CT molecular complexity index is 993. The van der Waals surface area contributed by atoms with Gasteiger partial charge < -0.3 is 16.0 Å². The number of rotatable bonds is 8. The van der Waals surface area contributed by atoms with Gasteiger partial charge in [0.25, 0.3) is 5.91 Å². The molecule has 1 heterocycles. The molecule has 3 aromatic rings. The number of nitrogens with zero attached hydrogens (tertiary/aromatic N) is 3. The Morgan fingerprint density at radius 3 is 2.42 bits per heavy atom. The van der Waals surface area contributed by atoms with Crippen LogP contribution in [0, 0.1) is 0 Å². The highest BCUT2D eigenvalue weighted by Gasteiger charge is 2.09. The summed E-state index contributed by atoms with van der Waals surface area (Å²) >= 11 is 6.05. The van der Waals surface area contributed by atoms with Crippen molar-refractivity contribution in [3.63, 3.8) is 0 Å². The van der Waals surface area contributed by atoms with Gasteiger partial charge in [-0.25, -0.2) is 0 Å². The molecule has 0 spiro atoms. The third-order valence-electron chi connectivity index (χ3n) is 4.50. The van der Waals surface area contributed by atoms with Crippen molar-refractivity contribution >= 4 is 47.4 Å². The molecule has 0 saturated carbocycles. The zero-order valence-electron chi connectivity index (χ0n) is 17.2. The number of hydrogen-bond acceptors (Lipinski definition) is 3. The van der Waals surface area contributed by atoms with Crippen molar-refractivity contribution in [2.45, 2.75) is 13.1 Å². The summed E-state index contributed by atoms with van der Waals surface area (Å²) in [6.45, 7) is 2.32. The lowest BCUT2D eigenvalue weighted by molar-refractivity contribution is 0.0954. The van der Waals surface area contributed by atoms with Gasteiger partial charge in [0.05, 0.1) is 17.1 Å². The fourth-order valence-corrected chi connectivity index (χ4v) is 3.17. The molecule has 0 aliphatic heterocycles. The van der Waals surface area contributed by atoms with Gasteiger partial charge in [0.15, 0.2) is 5.96 Å². The molecular formula is C22H26ClIN6O. The van der Waals surface area contributed by atoms with E-state index in [9.17, 15) is 4.79 Å². The Morgan fingerprint density at radius 1 is 1.00 bits per heavy atom. The Morgan fingerprint density at radius 2 is 1.71 bits per heavy atom. The molecule has 0 aliphatic rings. The Balaban J connectivity index is 0.00000341. The molecule has 0 unspecified atom stereocenters. The summed E-state index contributed by atoms with van der Waals surface area (Å²) in [6.07, 6.45) is 3.72. The third kappa shape index (κ3) is 7.55. The largest absolute Gasteiger partial charge is 0.355 e. The van der Waals surface area contributed by atoms with E-state index in [2.05, 4.69) is 38.2 Å². The number of aliphatic imine (C=N–C) groups is 1. The molecule has 9 heteroatoms. The lowest BCUT2D eigenvalue weighted by Gasteiger charge is -2.15. The van der Waals surface area contributed by atoms with E-state index in [1.54, 1.807) is 37.5 Å². The fourth-order valence-electron chi connectivity index (χ4n) is 2.95. The van der Waals surface area contributed by atoms with E-state index in [1.165, 1.54) is 11.1 Å². The van der Waals surface area contributed by atoms with Crippen LogP contribution in [0.5, 0.6) is 0 Å². The number of benzene rings is 2. The number of nitrogens with one attached hydrogen (secondary N) is 3. The van der Waals surface area contributed by atoms with E-state index in [-0.39, 0.29) is 29.9 Å². The molecule has 0 radical (unpaired) electrons. The summed E-state index contributed by atoms with van der Waals surface area (Å²) in [7, 11) is 1.72. The summed E-state index contributed by atoms with van der Waals surface area (Å²) in [4.78, 5) is 16.4. The van der Waals surface area contributed by atoms with Gasteiger partial charge in [0, 0.05) is 39.1 Å². The zero-order chi connectivity index (χ0) is 21.2. The highest BCUT2D eigenvalue weighted by molar-refractivity contribution is 14.0. The Hall–Kier alpha value is -2.59. The molecular weight excluding hydrogens is 527 g/mol. The first kappa shape index (κ1) is 24.7. The minimum Gasteiger partial charge on any atom is -0.355 e. The smallest absolute Gasteiger partial charge is 0.252 e. The van der Waals surface area contributed by atoms with E-state index in [0.29, 0.717) is 42.7 Å². The van der Waals surface area contributed by atoms with Crippen molar-refractivity contribution < 1.29 is 4.79 Å². The van der Waals surface area contributed by atoms with Gasteiger partial charge in [0.2, 0.25) is 0 Å². The number of carbonyl (C=O) groups excluding carboxylic acids is 1. The van der Waals surface area contributed by atoms with E-state index in [0.717, 1.165) is 0 Å². The first-order valence-electron chi connectivity index (χ1n) is 9.69. The molecule has 2 aromatic carbocycles. The predicted molar refractivity (Wildman–Crippen MR) is 135 cm³/mol. The maximum Gasteiger partial charge on any atom is 0.252 e. The van der Waals surface area contributed by atoms with Crippen molar-refractivity contribution in [3.05, 3.63) is 88.7 Å². The van der Waals surface area contributed by atoms with Crippen LogP contribution in [0.4, 0.5) is 0 Å².